The van der Waals surface area contributed by atoms with Gasteiger partial charge in [-0.1, -0.05) is 17.0 Å². The molecule has 0 radical (unpaired) electrons. The average molecular weight is 310 g/mol. The van der Waals surface area contributed by atoms with Gasteiger partial charge in [-0.25, -0.2) is 12.8 Å². The van der Waals surface area contributed by atoms with Crippen LogP contribution in [0.2, 0.25) is 0 Å². The highest BCUT2D eigenvalue weighted by Gasteiger charge is 2.16. The summed E-state index contributed by atoms with van der Waals surface area (Å²) in [6.07, 6.45) is 2.51. The van der Waals surface area contributed by atoms with Crippen LogP contribution in [-0.2, 0) is 10.0 Å². The third kappa shape index (κ3) is 3.81. The molecule has 1 aromatic heterocycles. The van der Waals surface area contributed by atoms with Gasteiger partial charge in [0, 0.05) is 6.42 Å². The Hall–Kier alpha value is -2.37. The van der Waals surface area contributed by atoms with Gasteiger partial charge in [0.15, 0.2) is 0 Å². The normalized spacial score (nSPS) is 10.8. The Kier molecular flexibility index (Phi) is 4.57. The van der Waals surface area contributed by atoms with Crippen molar-refractivity contribution in [2.75, 3.05) is 11.3 Å². The number of aliphatic hydroxyl groups is 1. The van der Waals surface area contributed by atoms with E-state index in [0.717, 1.165) is 12.3 Å². The molecule has 2 N–H and O–H groups in total. The lowest BCUT2D eigenvalue weighted by atomic mass is 10.2. The summed E-state index contributed by atoms with van der Waals surface area (Å²) < 4.78 is 44.5. The first kappa shape index (κ1) is 15.0. The van der Waals surface area contributed by atoms with Crippen LogP contribution in [0.15, 0.2) is 40.1 Å². The molecule has 21 heavy (non-hydrogen) atoms. The first-order valence-corrected chi connectivity index (χ1v) is 7.33. The van der Waals surface area contributed by atoms with Crippen LogP contribution in [0.1, 0.15) is 12.0 Å². The topological polar surface area (TPSA) is 92.4 Å². The molecular weight excluding hydrogens is 299 g/mol. The van der Waals surface area contributed by atoms with E-state index in [1.165, 1.54) is 18.3 Å². The molecular formula is C13H11FN2O4S. The van der Waals surface area contributed by atoms with Crippen LogP contribution in [0.25, 0.3) is 0 Å². The molecule has 0 unspecified atom stereocenters. The molecule has 0 aliphatic carbocycles. The zero-order valence-electron chi connectivity index (χ0n) is 10.7. The monoisotopic (exact) mass is 310 g/mol. The van der Waals surface area contributed by atoms with Crippen molar-refractivity contribution in [3.8, 4) is 11.8 Å². The Morgan fingerprint density at radius 3 is 2.86 bits per heavy atom. The minimum Gasteiger partial charge on any atom is -0.395 e. The number of aliphatic hydroxyl groups excluding tert-OH is 1. The minimum absolute atomic E-state index is 0.0624. The van der Waals surface area contributed by atoms with Crippen LogP contribution < -0.4 is 4.72 Å². The van der Waals surface area contributed by atoms with E-state index in [4.69, 9.17) is 5.11 Å². The highest BCUT2D eigenvalue weighted by molar-refractivity contribution is 7.92. The molecule has 0 atom stereocenters. The number of hydrogen-bond donors (Lipinski definition) is 2. The first-order valence-electron chi connectivity index (χ1n) is 5.84. The molecule has 0 saturated carbocycles. The third-order valence-corrected chi connectivity index (χ3v) is 3.77. The van der Waals surface area contributed by atoms with Crippen molar-refractivity contribution < 1.29 is 22.4 Å². The maximum absolute atomic E-state index is 13.8. The second-order valence-corrected chi connectivity index (χ2v) is 5.62. The van der Waals surface area contributed by atoms with Crippen LogP contribution in [0.4, 0.5) is 10.1 Å². The molecule has 0 fully saturated rings. The number of anilines is 1. The summed E-state index contributed by atoms with van der Waals surface area (Å²) >= 11 is 0. The van der Waals surface area contributed by atoms with E-state index < -0.39 is 15.8 Å². The van der Waals surface area contributed by atoms with Crippen molar-refractivity contribution in [2.45, 2.75) is 11.3 Å². The molecule has 8 heteroatoms. The summed E-state index contributed by atoms with van der Waals surface area (Å²) in [5, 5.41) is 11.9. The van der Waals surface area contributed by atoms with E-state index in [-0.39, 0.29) is 29.2 Å². The molecule has 2 rings (SSSR count). The zero-order valence-corrected chi connectivity index (χ0v) is 11.5. The molecule has 1 heterocycles. The average Bonchev–Trinajstić information content (AvgIpc) is 2.93. The lowest BCUT2D eigenvalue weighted by Gasteiger charge is -2.06. The quantitative estimate of drug-likeness (QED) is 0.832. The van der Waals surface area contributed by atoms with Crippen molar-refractivity contribution in [1.29, 1.82) is 0 Å². The predicted molar refractivity (Wildman–Crippen MR) is 72.3 cm³/mol. The van der Waals surface area contributed by atoms with Gasteiger partial charge in [-0.2, -0.15) is 0 Å². The SMILES string of the molecule is O=S(=O)(Nc1cnoc1)c1ccc(C#CCCO)c(F)c1. The Morgan fingerprint density at radius 1 is 1.43 bits per heavy atom. The number of sulfonamides is 1. The van der Waals surface area contributed by atoms with Crippen LogP contribution in [-0.4, -0.2) is 25.3 Å². The molecule has 0 aliphatic heterocycles. The van der Waals surface area contributed by atoms with Crippen molar-refractivity contribution in [3.63, 3.8) is 0 Å². The van der Waals surface area contributed by atoms with E-state index in [2.05, 4.69) is 26.2 Å². The van der Waals surface area contributed by atoms with Crippen LogP contribution >= 0.6 is 0 Å². The fourth-order valence-electron chi connectivity index (χ4n) is 1.45. The molecule has 6 nitrogen and oxygen atoms in total. The summed E-state index contributed by atoms with van der Waals surface area (Å²) in [6, 6.07) is 3.38. The maximum Gasteiger partial charge on any atom is 0.262 e. The molecule has 0 bridgehead atoms. The number of nitrogens with zero attached hydrogens (tertiary/aromatic N) is 1. The molecule has 110 valence electrons. The fraction of sp³-hybridized carbons (Fsp3) is 0.154. The van der Waals surface area contributed by atoms with E-state index in [1.54, 1.807) is 0 Å². The summed E-state index contributed by atoms with van der Waals surface area (Å²) in [4.78, 5) is -0.242. The van der Waals surface area contributed by atoms with Gasteiger partial charge in [-0.3, -0.25) is 4.72 Å². The first-order chi connectivity index (χ1) is 10.0. The molecule has 1 aromatic carbocycles. The second-order valence-electron chi connectivity index (χ2n) is 3.94. The van der Waals surface area contributed by atoms with Gasteiger partial charge >= 0.3 is 0 Å². The summed E-state index contributed by atoms with van der Waals surface area (Å²) in [5.41, 5.74) is 0.203. The van der Waals surface area contributed by atoms with Crippen molar-refractivity contribution in [1.82, 2.24) is 5.16 Å². The third-order valence-electron chi connectivity index (χ3n) is 2.40. The highest BCUT2D eigenvalue weighted by atomic mass is 32.2. The van der Waals surface area contributed by atoms with Gasteiger partial charge in [0.25, 0.3) is 10.0 Å². The zero-order chi connectivity index (χ0) is 15.3. The smallest absolute Gasteiger partial charge is 0.262 e. The standard InChI is InChI=1S/C13H11FN2O4S/c14-13-7-12(5-4-10(13)3-1-2-6-17)21(18,19)16-11-8-15-20-9-11/h4-5,7-9,16-17H,2,6H2. The van der Waals surface area contributed by atoms with Gasteiger partial charge in [0.05, 0.1) is 23.3 Å². The molecule has 0 saturated heterocycles. The highest BCUT2D eigenvalue weighted by Crippen LogP contribution is 2.18. The number of hydrogen-bond acceptors (Lipinski definition) is 5. The van der Waals surface area contributed by atoms with Gasteiger partial charge < -0.3 is 9.63 Å². The number of benzene rings is 1. The number of halogens is 1. The van der Waals surface area contributed by atoms with Crippen LogP contribution in [0, 0.1) is 17.7 Å². The molecule has 0 aliphatic rings. The Morgan fingerprint density at radius 2 is 2.24 bits per heavy atom. The van der Waals surface area contributed by atoms with Crippen LogP contribution in [0.3, 0.4) is 0 Å². The summed E-state index contributed by atoms with van der Waals surface area (Å²) in [7, 11) is -3.93. The maximum atomic E-state index is 13.8. The van der Waals surface area contributed by atoms with E-state index in [9.17, 15) is 12.8 Å². The molecule has 2 aromatic rings. The molecule has 0 amide bonds. The second kappa shape index (κ2) is 6.39. The van der Waals surface area contributed by atoms with Crippen molar-refractivity contribution >= 4 is 15.7 Å². The van der Waals surface area contributed by atoms with E-state index >= 15 is 0 Å². The fourth-order valence-corrected chi connectivity index (χ4v) is 2.48. The van der Waals surface area contributed by atoms with Gasteiger partial charge in [-0.05, 0) is 18.2 Å². The summed E-state index contributed by atoms with van der Waals surface area (Å²) in [6.45, 7) is -0.121. The lowest BCUT2D eigenvalue weighted by Crippen LogP contribution is -2.12. The van der Waals surface area contributed by atoms with Crippen LogP contribution in [0.5, 0.6) is 0 Å². The van der Waals surface area contributed by atoms with E-state index in [1.807, 2.05) is 0 Å². The van der Waals surface area contributed by atoms with Crippen molar-refractivity contribution in [2.24, 2.45) is 0 Å². The Bertz CT molecular complexity index is 776. The Labute approximate surface area is 120 Å². The van der Waals surface area contributed by atoms with Gasteiger partial charge in [-0.15, -0.1) is 0 Å². The molecule has 0 spiro atoms. The van der Waals surface area contributed by atoms with E-state index in [0.29, 0.717) is 0 Å². The number of rotatable bonds is 4. The van der Waals surface area contributed by atoms with Crippen molar-refractivity contribution in [3.05, 3.63) is 42.0 Å². The number of aromatic nitrogens is 1. The van der Waals surface area contributed by atoms with Gasteiger partial charge in [0.1, 0.15) is 17.8 Å². The lowest BCUT2D eigenvalue weighted by molar-refractivity contribution is 0.305. The Balaban J connectivity index is 2.25. The largest absolute Gasteiger partial charge is 0.395 e. The van der Waals surface area contributed by atoms with Gasteiger partial charge in [0.2, 0.25) is 0 Å². The minimum atomic E-state index is -3.93. The number of nitrogens with one attached hydrogen (secondary N) is 1. The summed E-state index contributed by atoms with van der Waals surface area (Å²) in [5.74, 6) is 4.32. The predicted octanol–water partition coefficient (Wildman–Crippen LogP) is 1.35.